The van der Waals surface area contributed by atoms with Crippen LogP contribution in [0, 0.1) is 10.1 Å². The smallest absolute Gasteiger partial charge is 0.335 e. The van der Waals surface area contributed by atoms with E-state index in [2.05, 4.69) is 5.32 Å². The lowest BCUT2D eigenvalue weighted by atomic mass is 9.99. The molecule has 1 aliphatic heterocycles. The number of aliphatic hydroxyl groups excluding tert-OH is 3. The summed E-state index contributed by atoms with van der Waals surface area (Å²) >= 11 is 0. The van der Waals surface area contributed by atoms with E-state index in [1.54, 1.807) is 0 Å². The molecule has 1 aliphatic rings. The number of aliphatic carboxylic acids is 1. The lowest BCUT2D eigenvalue weighted by Gasteiger charge is -2.38. The number of non-ortho nitro benzene ring substituents is 1. The van der Waals surface area contributed by atoms with Crippen LogP contribution >= 0.6 is 0 Å². The lowest BCUT2D eigenvalue weighted by molar-refractivity contribution is -0.384. The summed E-state index contributed by atoms with van der Waals surface area (Å²) < 4.78 is 10.3. The van der Waals surface area contributed by atoms with Crippen molar-refractivity contribution in [3.8, 4) is 5.75 Å². The van der Waals surface area contributed by atoms with Crippen LogP contribution in [-0.2, 0) is 9.53 Å². The van der Waals surface area contributed by atoms with Gasteiger partial charge in [0.15, 0.2) is 6.10 Å². The number of nitro benzene ring substituents is 1. The highest BCUT2D eigenvalue weighted by Gasteiger charge is 2.48. The zero-order valence-corrected chi connectivity index (χ0v) is 12.4. The number of aliphatic hydroxyl groups is 3. The number of nitrogens with zero attached hydrogens (tertiary/aromatic N) is 1. The maximum absolute atomic E-state index is 11.0. The highest BCUT2D eigenvalue weighted by Crippen LogP contribution is 2.32. The first-order chi connectivity index (χ1) is 11.3. The van der Waals surface area contributed by atoms with Crippen molar-refractivity contribution >= 4 is 17.3 Å². The summed E-state index contributed by atoms with van der Waals surface area (Å²) in [5.41, 5.74) is -0.0248. The van der Waals surface area contributed by atoms with E-state index in [9.17, 15) is 30.2 Å². The summed E-state index contributed by atoms with van der Waals surface area (Å²) in [4.78, 5) is 21.2. The number of hydrogen-bond donors (Lipinski definition) is 5. The topological polar surface area (TPSA) is 172 Å². The quantitative estimate of drug-likeness (QED) is 0.326. The zero-order chi connectivity index (χ0) is 18.0. The number of benzene rings is 1. The predicted octanol–water partition coefficient (Wildman–Crippen LogP) is -1.09. The number of rotatable bonds is 5. The third-order valence-corrected chi connectivity index (χ3v) is 3.50. The van der Waals surface area contributed by atoms with E-state index < -0.39 is 41.6 Å². The number of anilines is 1. The Bertz CT molecular complexity index is 638. The summed E-state index contributed by atoms with van der Waals surface area (Å²) in [5, 5.41) is 51.6. The molecule has 1 fully saturated rings. The molecular weight excluding hydrogens is 328 g/mol. The number of nitrogens with one attached hydrogen (secondary N) is 1. The minimum Gasteiger partial charge on any atom is -0.479 e. The monoisotopic (exact) mass is 344 g/mol. The number of hydrogen-bond acceptors (Lipinski definition) is 9. The Hall–Kier alpha value is -2.47. The van der Waals surface area contributed by atoms with Gasteiger partial charge in [-0.15, -0.1) is 0 Å². The fraction of sp³-hybridized carbons (Fsp3) is 0.462. The number of carboxylic acids is 1. The molecule has 2 rings (SSSR count). The van der Waals surface area contributed by atoms with Crippen LogP contribution in [-0.4, -0.2) is 69.1 Å². The van der Waals surface area contributed by atoms with Gasteiger partial charge in [-0.2, -0.15) is 0 Å². The van der Waals surface area contributed by atoms with Gasteiger partial charge in [0.05, 0.1) is 10.6 Å². The van der Waals surface area contributed by atoms with Gasteiger partial charge in [-0.05, 0) is 6.07 Å². The van der Waals surface area contributed by atoms with Crippen LogP contribution in [0.4, 0.5) is 11.4 Å². The Kier molecular flexibility index (Phi) is 5.19. The highest BCUT2D eigenvalue weighted by atomic mass is 16.7. The third-order valence-electron chi connectivity index (χ3n) is 3.50. The second-order valence-electron chi connectivity index (χ2n) is 5.04. The number of ether oxygens (including phenoxy) is 2. The van der Waals surface area contributed by atoms with Gasteiger partial charge in [-0.25, -0.2) is 4.79 Å². The molecule has 0 aliphatic carbocycles. The van der Waals surface area contributed by atoms with Gasteiger partial charge in [0, 0.05) is 19.2 Å². The molecule has 1 aromatic rings. The lowest BCUT2D eigenvalue weighted by Crippen LogP contribution is -2.61. The summed E-state index contributed by atoms with van der Waals surface area (Å²) in [5.74, 6) is -1.51. The van der Waals surface area contributed by atoms with Crippen molar-refractivity contribution in [2.75, 3.05) is 12.4 Å². The van der Waals surface area contributed by atoms with E-state index in [1.165, 1.54) is 19.2 Å². The molecule has 0 saturated carbocycles. The van der Waals surface area contributed by atoms with Crippen molar-refractivity contribution in [3.05, 3.63) is 28.3 Å². The van der Waals surface area contributed by atoms with E-state index in [-0.39, 0.29) is 17.1 Å². The average Bonchev–Trinajstić information content (AvgIpc) is 2.54. The maximum atomic E-state index is 11.0. The van der Waals surface area contributed by atoms with Crippen molar-refractivity contribution in [2.45, 2.75) is 30.7 Å². The molecule has 24 heavy (non-hydrogen) atoms. The molecule has 1 aromatic carbocycles. The first-order valence-corrected chi connectivity index (χ1v) is 6.81. The number of carbonyl (C=O) groups is 1. The van der Waals surface area contributed by atoms with Crippen LogP contribution in [0.25, 0.3) is 0 Å². The SMILES string of the molecule is CNc1cc([N+](=O)[O-])ccc1OC1OC(C(=O)O)C(O)C(O)C1O. The molecule has 5 N–H and O–H groups in total. The van der Waals surface area contributed by atoms with Gasteiger partial charge in [0.2, 0.25) is 6.29 Å². The standard InChI is InChI=1S/C13H16N2O9/c1-14-6-4-5(15(21)22)2-3-7(6)23-13-10(18)8(16)9(17)11(24-13)12(19)20/h2-4,8-11,13-14,16-18H,1H3,(H,19,20). The van der Waals surface area contributed by atoms with Crippen LogP contribution in [0.15, 0.2) is 18.2 Å². The number of nitro groups is 1. The molecular formula is C13H16N2O9. The second kappa shape index (κ2) is 6.97. The maximum Gasteiger partial charge on any atom is 0.335 e. The van der Waals surface area contributed by atoms with Crippen LogP contribution < -0.4 is 10.1 Å². The van der Waals surface area contributed by atoms with E-state index in [4.69, 9.17) is 14.6 Å². The molecule has 0 amide bonds. The van der Waals surface area contributed by atoms with Crippen molar-refractivity contribution in [1.29, 1.82) is 0 Å². The van der Waals surface area contributed by atoms with E-state index >= 15 is 0 Å². The van der Waals surface area contributed by atoms with E-state index in [1.807, 2.05) is 0 Å². The number of carboxylic acid groups (broad SMARTS) is 1. The molecule has 132 valence electrons. The minimum atomic E-state index is -1.84. The fourth-order valence-electron chi connectivity index (χ4n) is 2.20. The molecule has 5 atom stereocenters. The molecule has 1 heterocycles. The van der Waals surface area contributed by atoms with Crippen LogP contribution in [0.1, 0.15) is 0 Å². The normalized spacial score (nSPS) is 29.8. The Morgan fingerprint density at radius 1 is 1.29 bits per heavy atom. The Labute approximate surface area is 135 Å². The second-order valence-corrected chi connectivity index (χ2v) is 5.04. The summed E-state index contributed by atoms with van der Waals surface area (Å²) in [6, 6.07) is 3.54. The molecule has 0 radical (unpaired) electrons. The van der Waals surface area contributed by atoms with Gasteiger partial charge in [-0.1, -0.05) is 0 Å². The van der Waals surface area contributed by atoms with Crippen molar-refractivity contribution in [2.24, 2.45) is 0 Å². The summed E-state index contributed by atoms with van der Waals surface area (Å²) in [6.07, 6.45) is -8.77. The van der Waals surface area contributed by atoms with E-state index in [0.717, 1.165) is 6.07 Å². The molecule has 5 unspecified atom stereocenters. The van der Waals surface area contributed by atoms with E-state index in [0.29, 0.717) is 0 Å². The first-order valence-electron chi connectivity index (χ1n) is 6.81. The van der Waals surface area contributed by atoms with Gasteiger partial charge >= 0.3 is 5.97 Å². The summed E-state index contributed by atoms with van der Waals surface area (Å²) in [6.45, 7) is 0. The molecule has 0 aromatic heterocycles. The zero-order valence-electron chi connectivity index (χ0n) is 12.4. The van der Waals surface area contributed by atoms with Crippen LogP contribution in [0.3, 0.4) is 0 Å². The largest absolute Gasteiger partial charge is 0.479 e. The van der Waals surface area contributed by atoms with Crippen molar-refractivity contribution in [3.63, 3.8) is 0 Å². The molecule has 0 bridgehead atoms. The fourth-order valence-corrected chi connectivity index (χ4v) is 2.20. The molecule has 11 nitrogen and oxygen atoms in total. The van der Waals surface area contributed by atoms with Gasteiger partial charge < -0.3 is 35.2 Å². The minimum absolute atomic E-state index is 0.0277. The molecule has 0 spiro atoms. The Morgan fingerprint density at radius 3 is 2.50 bits per heavy atom. The van der Waals surface area contributed by atoms with Gasteiger partial charge in [-0.3, -0.25) is 10.1 Å². The van der Waals surface area contributed by atoms with Crippen molar-refractivity contribution in [1.82, 2.24) is 0 Å². The molecule has 1 saturated heterocycles. The summed E-state index contributed by atoms with van der Waals surface area (Å²) in [7, 11) is 1.47. The third kappa shape index (κ3) is 3.38. The molecule has 11 heteroatoms. The Morgan fingerprint density at radius 2 is 1.96 bits per heavy atom. The van der Waals surface area contributed by atoms with Gasteiger partial charge in [0.25, 0.3) is 5.69 Å². The average molecular weight is 344 g/mol. The van der Waals surface area contributed by atoms with Crippen LogP contribution in [0.2, 0.25) is 0 Å². The van der Waals surface area contributed by atoms with Gasteiger partial charge in [0.1, 0.15) is 24.1 Å². The Balaban J connectivity index is 2.26. The first kappa shape index (κ1) is 17.9. The van der Waals surface area contributed by atoms with Crippen molar-refractivity contribution < 1.29 is 39.6 Å². The highest BCUT2D eigenvalue weighted by molar-refractivity contribution is 5.73. The predicted molar refractivity (Wildman–Crippen MR) is 77.6 cm³/mol. The van der Waals surface area contributed by atoms with Crippen LogP contribution in [0.5, 0.6) is 5.75 Å².